The average Bonchev–Trinajstić information content (AvgIpc) is 2.34. The summed E-state index contributed by atoms with van der Waals surface area (Å²) in [7, 11) is 1.55. The summed E-state index contributed by atoms with van der Waals surface area (Å²) in [5, 5.41) is 0.729. The molecule has 0 radical (unpaired) electrons. The van der Waals surface area contributed by atoms with Crippen LogP contribution >= 0.6 is 23.4 Å². The average molecular weight is 267 g/mol. The second-order valence-electron chi connectivity index (χ2n) is 3.34. The standard InChI is InChI=1S/C12H11ClN2OS/c1-8-11(7-14-12(15-8)16-2)17-10-6-4-3-5-9(10)13/h3-7H,1-2H3. The van der Waals surface area contributed by atoms with E-state index in [1.165, 1.54) is 0 Å². The summed E-state index contributed by atoms with van der Waals surface area (Å²) in [4.78, 5) is 10.3. The van der Waals surface area contributed by atoms with Crippen LogP contribution in [0.3, 0.4) is 0 Å². The van der Waals surface area contributed by atoms with Gasteiger partial charge in [-0.25, -0.2) is 4.98 Å². The molecule has 0 atom stereocenters. The van der Waals surface area contributed by atoms with Gasteiger partial charge in [-0.3, -0.25) is 0 Å². The van der Waals surface area contributed by atoms with Crippen LogP contribution in [-0.4, -0.2) is 17.1 Å². The maximum atomic E-state index is 6.10. The molecule has 2 rings (SSSR count). The fourth-order valence-corrected chi connectivity index (χ4v) is 2.38. The Bertz CT molecular complexity index is 534. The van der Waals surface area contributed by atoms with E-state index in [1.54, 1.807) is 25.1 Å². The molecule has 0 unspecified atom stereocenters. The normalized spacial score (nSPS) is 10.3. The van der Waals surface area contributed by atoms with Gasteiger partial charge in [-0.15, -0.1) is 0 Å². The molecule has 0 amide bonds. The lowest BCUT2D eigenvalue weighted by molar-refractivity contribution is 0.377. The molecule has 0 aliphatic carbocycles. The maximum absolute atomic E-state index is 6.10. The third kappa shape index (κ3) is 2.90. The van der Waals surface area contributed by atoms with E-state index in [9.17, 15) is 0 Å². The zero-order chi connectivity index (χ0) is 12.3. The molecule has 0 bridgehead atoms. The first-order valence-electron chi connectivity index (χ1n) is 5.00. The van der Waals surface area contributed by atoms with Crippen LogP contribution in [0, 0.1) is 6.92 Å². The van der Waals surface area contributed by atoms with E-state index >= 15 is 0 Å². The van der Waals surface area contributed by atoms with Crippen LogP contribution in [0.15, 0.2) is 40.3 Å². The lowest BCUT2D eigenvalue weighted by Gasteiger charge is -2.06. The predicted octanol–water partition coefficient (Wildman–Crippen LogP) is 3.60. The van der Waals surface area contributed by atoms with Crippen molar-refractivity contribution in [2.45, 2.75) is 16.7 Å². The van der Waals surface area contributed by atoms with E-state index in [2.05, 4.69) is 9.97 Å². The Morgan fingerprint density at radius 3 is 2.65 bits per heavy atom. The molecule has 0 spiro atoms. The van der Waals surface area contributed by atoms with E-state index in [-0.39, 0.29) is 0 Å². The monoisotopic (exact) mass is 266 g/mol. The Kier molecular flexibility index (Phi) is 3.86. The van der Waals surface area contributed by atoms with Crippen molar-refractivity contribution in [1.82, 2.24) is 9.97 Å². The first-order valence-corrected chi connectivity index (χ1v) is 6.20. The van der Waals surface area contributed by atoms with Crippen molar-refractivity contribution in [2.75, 3.05) is 7.11 Å². The number of aromatic nitrogens is 2. The lowest BCUT2D eigenvalue weighted by atomic mass is 10.4. The van der Waals surface area contributed by atoms with Gasteiger partial charge in [0.1, 0.15) is 0 Å². The maximum Gasteiger partial charge on any atom is 0.316 e. The molecule has 0 aliphatic rings. The highest BCUT2D eigenvalue weighted by molar-refractivity contribution is 7.99. The van der Waals surface area contributed by atoms with Crippen molar-refractivity contribution in [3.05, 3.63) is 41.2 Å². The van der Waals surface area contributed by atoms with E-state index in [0.717, 1.165) is 20.5 Å². The van der Waals surface area contributed by atoms with Gasteiger partial charge < -0.3 is 4.74 Å². The van der Waals surface area contributed by atoms with Crippen LogP contribution in [0.2, 0.25) is 5.02 Å². The number of methoxy groups -OCH3 is 1. The summed E-state index contributed by atoms with van der Waals surface area (Å²) < 4.78 is 4.97. The minimum atomic E-state index is 0.381. The van der Waals surface area contributed by atoms with E-state index in [4.69, 9.17) is 16.3 Å². The number of hydrogen-bond acceptors (Lipinski definition) is 4. The zero-order valence-corrected chi connectivity index (χ0v) is 11.0. The van der Waals surface area contributed by atoms with Crippen LogP contribution in [-0.2, 0) is 0 Å². The summed E-state index contributed by atoms with van der Waals surface area (Å²) in [5.41, 5.74) is 0.877. The van der Waals surface area contributed by atoms with Crippen molar-refractivity contribution in [3.8, 4) is 6.01 Å². The molecule has 1 heterocycles. The first kappa shape index (κ1) is 12.2. The Morgan fingerprint density at radius 1 is 1.24 bits per heavy atom. The van der Waals surface area contributed by atoms with E-state index < -0.39 is 0 Å². The number of benzene rings is 1. The number of ether oxygens (including phenoxy) is 1. The highest BCUT2D eigenvalue weighted by atomic mass is 35.5. The van der Waals surface area contributed by atoms with Gasteiger partial charge in [-0.2, -0.15) is 4.98 Å². The van der Waals surface area contributed by atoms with Crippen LogP contribution in [0.5, 0.6) is 6.01 Å². The number of halogens is 1. The molecule has 0 saturated heterocycles. The summed E-state index contributed by atoms with van der Waals surface area (Å²) in [6.07, 6.45) is 1.75. The van der Waals surface area contributed by atoms with Gasteiger partial charge in [-0.05, 0) is 19.1 Å². The highest BCUT2D eigenvalue weighted by Crippen LogP contribution is 2.34. The number of aryl methyl sites for hydroxylation is 1. The Balaban J connectivity index is 2.28. The zero-order valence-electron chi connectivity index (χ0n) is 9.48. The second-order valence-corrected chi connectivity index (χ2v) is 4.83. The molecule has 0 saturated carbocycles. The van der Waals surface area contributed by atoms with Crippen molar-refractivity contribution in [3.63, 3.8) is 0 Å². The molecule has 0 fully saturated rings. The topological polar surface area (TPSA) is 35.0 Å². The fraction of sp³-hybridized carbons (Fsp3) is 0.167. The summed E-state index contributed by atoms with van der Waals surface area (Å²) in [6.45, 7) is 1.92. The van der Waals surface area contributed by atoms with Gasteiger partial charge in [0.2, 0.25) is 0 Å². The number of nitrogens with zero attached hydrogens (tertiary/aromatic N) is 2. The van der Waals surface area contributed by atoms with Crippen molar-refractivity contribution < 1.29 is 4.74 Å². The molecule has 0 N–H and O–H groups in total. The number of rotatable bonds is 3. The third-order valence-electron chi connectivity index (χ3n) is 2.15. The third-order valence-corrected chi connectivity index (χ3v) is 3.79. The minimum Gasteiger partial charge on any atom is -0.467 e. The summed E-state index contributed by atoms with van der Waals surface area (Å²) in [6, 6.07) is 8.07. The smallest absolute Gasteiger partial charge is 0.316 e. The first-order chi connectivity index (χ1) is 8.20. The molecule has 0 aliphatic heterocycles. The highest BCUT2D eigenvalue weighted by Gasteiger charge is 2.07. The minimum absolute atomic E-state index is 0.381. The van der Waals surface area contributed by atoms with Gasteiger partial charge in [-0.1, -0.05) is 35.5 Å². The molecule has 1 aromatic carbocycles. The Morgan fingerprint density at radius 2 is 2.00 bits per heavy atom. The van der Waals surface area contributed by atoms with Gasteiger partial charge >= 0.3 is 6.01 Å². The van der Waals surface area contributed by atoms with E-state index in [0.29, 0.717) is 6.01 Å². The molecule has 88 valence electrons. The van der Waals surface area contributed by atoms with Gasteiger partial charge in [0.15, 0.2) is 0 Å². The SMILES string of the molecule is COc1ncc(Sc2ccccc2Cl)c(C)n1. The summed E-state index contributed by atoms with van der Waals surface area (Å²) in [5.74, 6) is 0. The number of hydrogen-bond donors (Lipinski definition) is 0. The quantitative estimate of drug-likeness (QED) is 0.850. The Labute approximate surface area is 109 Å². The van der Waals surface area contributed by atoms with Crippen molar-refractivity contribution in [1.29, 1.82) is 0 Å². The van der Waals surface area contributed by atoms with Crippen LogP contribution < -0.4 is 4.74 Å². The molecule has 5 heteroatoms. The molecular formula is C12H11ClN2OS. The largest absolute Gasteiger partial charge is 0.467 e. The molecule has 2 aromatic rings. The second kappa shape index (κ2) is 5.38. The van der Waals surface area contributed by atoms with Gasteiger partial charge in [0, 0.05) is 11.1 Å². The van der Waals surface area contributed by atoms with Gasteiger partial charge in [0.25, 0.3) is 0 Å². The molecular weight excluding hydrogens is 256 g/mol. The van der Waals surface area contributed by atoms with Crippen LogP contribution in [0.25, 0.3) is 0 Å². The molecule has 17 heavy (non-hydrogen) atoms. The van der Waals surface area contributed by atoms with Crippen LogP contribution in [0.1, 0.15) is 5.69 Å². The van der Waals surface area contributed by atoms with Crippen molar-refractivity contribution >= 4 is 23.4 Å². The van der Waals surface area contributed by atoms with E-state index in [1.807, 2.05) is 31.2 Å². The fourth-order valence-electron chi connectivity index (χ4n) is 1.28. The molecule has 1 aromatic heterocycles. The Hall–Kier alpha value is -1.26. The molecule has 3 nitrogen and oxygen atoms in total. The summed E-state index contributed by atoms with van der Waals surface area (Å²) >= 11 is 7.65. The van der Waals surface area contributed by atoms with Crippen molar-refractivity contribution in [2.24, 2.45) is 0 Å². The van der Waals surface area contributed by atoms with Crippen LogP contribution in [0.4, 0.5) is 0 Å². The predicted molar refractivity (Wildman–Crippen MR) is 68.9 cm³/mol. The lowest BCUT2D eigenvalue weighted by Crippen LogP contribution is -1.95. The van der Waals surface area contributed by atoms with Gasteiger partial charge in [0.05, 0.1) is 22.7 Å².